The monoisotopic (exact) mass is 236 g/mol. The van der Waals surface area contributed by atoms with E-state index in [2.05, 4.69) is 4.72 Å². The second-order valence-electron chi connectivity index (χ2n) is 3.93. The summed E-state index contributed by atoms with van der Waals surface area (Å²) in [6, 6.07) is 0. The third-order valence-corrected chi connectivity index (χ3v) is 4.15. The van der Waals surface area contributed by atoms with E-state index in [4.69, 9.17) is 10.5 Å². The highest BCUT2D eigenvalue weighted by Crippen LogP contribution is 2.19. The van der Waals surface area contributed by atoms with Crippen LogP contribution in [0.2, 0.25) is 0 Å². The Kier molecular flexibility index (Phi) is 4.98. The molecule has 0 aromatic carbocycles. The normalized spacial score (nSPS) is 27.1. The first-order valence-electron chi connectivity index (χ1n) is 5.34. The van der Waals surface area contributed by atoms with Gasteiger partial charge in [0.15, 0.2) is 0 Å². The Morgan fingerprint density at radius 1 is 1.53 bits per heavy atom. The van der Waals surface area contributed by atoms with E-state index in [1.807, 2.05) is 6.92 Å². The zero-order valence-corrected chi connectivity index (χ0v) is 9.92. The molecular formula is C9H20N2O3S. The van der Waals surface area contributed by atoms with Gasteiger partial charge in [0.2, 0.25) is 10.0 Å². The number of rotatable bonds is 6. The minimum Gasteiger partial charge on any atom is -0.378 e. The van der Waals surface area contributed by atoms with Crippen LogP contribution in [0.25, 0.3) is 0 Å². The number of hydrogen-bond acceptors (Lipinski definition) is 4. The van der Waals surface area contributed by atoms with E-state index in [9.17, 15) is 8.42 Å². The van der Waals surface area contributed by atoms with Gasteiger partial charge < -0.3 is 10.5 Å². The Morgan fingerprint density at radius 3 is 2.80 bits per heavy atom. The maximum Gasteiger partial charge on any atom is 0.211 e. The van der Waals surface area contributed by atoms with E-state index < -0.39 is 10.0 Å². The molecule has 0 amide bonds. The largest absolute Gasteiger partial charge is 0.378 e. The van der Waals surface area contributed by atoms with E-state index >= 15 is 0 Å². The molecule has 15 heavy (non-hydrogen) atoms. The Labute approximate surface area is 91.4 Å². The number of nitrogens with one attached hydrogen (secondary N) is 1. The summed E-state index contributed by atoms with van der Waals surface area (Å²) >= 11 is 0. The van der Waals surface area contributed by atoms with Crippen LogP contribution in [0.5, 0.6) is 0 Å². The third kappa shape index (κ3) is 4.46. The molecule has 1 rings (SSSR count). The summed E-state index contributed by atoms with van der Waals surface area (Å²) in [7, 11) is -3.14. The molecule has 0 aliphatic carbocycles. The molecule has 1 aliphatic heterocycles. The molecule has 1 aliphatic rings. The molecule has 0 aromatic heterocycles. The molecule has 1 heterocycles. The van der Waals surface area contributed by atoms with Gasteiger partial charge in [0.25, 0.3) is 0 Å². The van der Waals surface area contributed by atoms with Gasteiger partial charge in [-0.15, -0.1) is 0 Å². The van der Waals surface area contributed by atoms with Gasteiger partial charge in [0.1, 0.15) is 0 Å². The van der Waals surface area contributed by atoms with Gasteiger partial charge in [0, 0.05) is 19.1 Å². The Hall–Kier alpha value is -0.170. The number of nitrogens with two attached hydrogens (primary N) is 1. The zero-order chi connectivity index (χ0) is 11.3. The lowest BCUT2D eigenvalue weighted by Gasteiger charge is -2.14. The summed E-state index contributed by atoms with van der Waals surface area (Å²) in [5.74, 6) is 0.420. The summed E-state index contributed by atoms with van der Waals surface area (Å²) in [6.45, 7) is 3.60. The van der Waals surface area contributed by atoms with Gasteiger partial charge >= 0.3 is 0 Å². The Morgan fingerprint density at radius 2 is 2.27 bits per heavy atom. The molecule has 1 saturated heterocycles. The van der Waals surface area contributed by atoms with Gasteiger partial charge in [0.05, 0.1) is 11.9 Å². The zero-order valence-electron chi connectivity index (χ0n) is 9.11. The highest BCUT2D eigenvalue weighted by molar-refractivity contribution is 7.89. The van der Waals surface area contributed by atoms with Crippen LogP contribution in [0, 0.1) is 5.92 Å². The average molecular weight is 236 g/mol. The lowest BCUT2D eigenvalue weighted by atomic mass is 10.0. The first kappa shape index (κ1) is 12.9. The fourth-order valence-electron chi connectivity index (χ4n) is 1.62. The maximum atomic E-state index is 11.4. The molecule has 1 fully saturated rings. The van der Waals surface area contributed by atoms with Crippen molar-refractivity contribution in [1.29, 1.82) is 0 Å². The SMILES string of the molecule is CC1OCCC1CNS(=O)(=O)CCCN. The van der Waals surface area contributed by atoms with Gasteiger partial charge in [-0.1, -0.05) is 0 Å². The topological polar surface area (TPSA) is 81.4 Å². The van der Waals surface area contributed by atoms with Crippen LogP contribution in [0.15, 0.2) is 0 Å². The second-order valence-corrected chi connectivity index (χ2v) is 5.86. The van der Waals surface area contributed by atoms with Crippen molar-refractivity contribution < 1.29 is 13.2 Å². The highest BCUT2D eigenvalue weighted by Gasteiger charge is 2.25. The maximum absolute atomic E-state index is 11.4. The van der Waals surface area contributed by atoms with Crippen molar-refractivity contribution in [3.05, 3.63) is 0 Å². The molecule has 0 saturated carbocycles. The Balaban J connectivity index is 2.29. The van der Waals surface area contributed by atoms with E-state index in [-0.39, 0.29) is 11.9 Å². The van der Waals surface area contributed by atoms with Crippen molar-refractivity contribution in [3.8, 4) is 0 Å². The smallest absolute Gasteiger partial charge is 0.211 e. The van der Waals surface area contributed by atoms with Crippen molar-refractivity contribution in [3.63, 3.8) is 0 Å². The van der Waals surface area contributed by atoms with Crippen molar-refractivity contribution in [1.82, 2.24) is 4.72 Å². The first-order chi connectivity index (χ1) is 7.05. The standard InChI is InChI=1S/C9H20N2O3S/c1-8-9(3-5-14-8)7-11-15(12,13)6-2-4-10/h8-9,11H,2-7,10H2,1H3. The molecule has 0 radical (unpaired) electrons. The van der Waals surface area contributed by atoms with Crippen LogP contribution in [-0.2, 0) is 14.8 Å². The molecule has 6 heteroatoms. The van der Waals surface area contributed by atoms with Crippen LogP contribution in [-0.4, -0.2) is 40.0 Å². The fourth-order valence-corrected chi connectivity index (χ4v) is 2.78. The van der Waals surface area contributed by atoms with E-state index in [0.29, 0.717) is 25.4 Å². The fraction of sp³-hybridized carbons (Fsp3) is 1.00. The molecule has 2 unspecified atom stereocenters. The summed E-state index contributed by atoms with van der Waals surface area (Å²) in [4.78, 5) is 0. The van der Waals surface area contributed by atoms with Crippen LogP contribution >= 0.6 is 0 Å². The lowest BCUT2D eigenvalue weighted by molar-refractivity contribution is 0.107. The van der Waals surface area contributed by atoms with Gasteiger partial charge in [-0.25, -0.2) is 13.1 Å². The van der Waals surface area contributed by atoms with Gasteiger partial charge in [-0.2, -0.15) is 0 Å². The van der Waals surface area contributed by atoms with Crippen LogP contribution < -0.4 is 10.5 Å². The summed E-state index contributed by atoms with van der Waals surface area (Å²) in [6.07, 6.45) is 1.59. The van der Waals surface area contributed by atoms with Crippen molar-refractivity contribution in [2.75, 3.05) is 25.4 Å². The van der Waals surface area contributed by atoms with E-state index in [0.717, 1.165) is 13.0 Å². The number of ether oxygens (including phenoxy) is 1. The van der Waals surface area contributed by atoms with Crippen molar-refractivity contribution in [2.45, 2.75) is 25.9 Å². The molecular weight excluding hydrogens is 216 g/mol. The van der Waals surface area contributed by atoms with Crippen LogP contribution in [0.1, 0.15) is 19.8 Å². The quantitative estimate of drug-likeness (QED) is 0.662. The van der Waals surface area contributed by atoms with Gasteiger partial charge in [-0.05, 0) is 26.3 Å². The summed E-state index contributed by atoms with van der Waals surface area (Å²) < 4.78 is 30.9. The minimum atomic E-state index is -3.14. The predicted octanol–water partition coefficient (Wildman–Crippen LogP) is -0.320. The van der Waals surface area contributed by atoms with Crippen molar-refractivity contribution >= 4 is 10.0 Å². The number of sulfonamides is 1. The van der Waals surface area contributed by atoms with Crippen LogP contribution in [0.3, 0.4) is 0 Å². The molecule has 0 spiro atoms. The number of hydrogen-bond donors (Lipinski definition) is 2. The van der Waals surface area contributed by atoms with E-state index in [1.54, 1.807) is 0 Å². The van der Waals surface area contributed by atoms with Crippen LogP contribution in [0.4, 0.5) is 0 Å². The van der Waals surface area contributed by atoms with Crippen molar-refractivity contribution in [2.24, 2.45) is 11.7 Å². The van der Waals surface area contributed by atoms with Gasteiger partial charge in [-0.3, -0.25) is 0 Å². The molecule has 2 atom stereocenters. The summed E-state index contributed by atoms with van der Waals surface area (Å²) in [5, 5.41) is 0. The first-order valence-corrected chi connectivity index (χ1v) is 6.99. The minimum absolute atomic E-state index is 0.117. The third-order valence-electron chi connectivity index (χ3n) is 2.72. The predicted molar refractivity (Wildman–Crippen MR) is 59.0 cm³/mol. The lowest BCUT2D eigenvalue weighted by Crippen LogP contribution is -2.34. The molecule has 3 N–H and O–H groups in total. The summed E-state index contributed by atoms with van der Waals surface area (Å²) in [5.41, 5.74) is 5.26. The molecule has 5 nitrogen and oxygen atoms in total. The van der Waals surface area contributed by atoms with E-state index in [1.165, 1.54) is 0 Å². The highest BCUT2D eigenvalue weighted by atomic mass is 32.2. The second kappa shape index (κ2) is 5.79. The average Bonchev–Trinajstić information content (AvgIpc) is 2.58. The molecule has 90 valence electrons. The molecule has 0 bridgehead atoms. The molecule has 0 aromatic rings. The Bertz CT molecular complexity index is 279.